The standard InChI is InChI=1S/C17H29N3O2/c1-15(2)6-11-18-8-4-10-20(14-13-18)17(22)7-12-19-9-3-5-16(19)21/h6H,3-5,7-14H2,1-2H3. The molecule has 0 N–H and O–H groups in total. The molecule has 2 saturated heterocycles. The van der Waals surface area contributed by atoms with Crippen LogP contribution in [-0.4, -0.2) is 72.3 Å². The lowest BCUT2D eigenvalue weighted by Gasteiger charge is -2.23. The molecule has 2 amide bonds. The lowest BCUT2D eigenvalue weighted by molar-refractivity contribution is -0.132. The second kappa shape index (κ2) is 8.32. The topological polar surface area (TPSA) is 43.9 Å². The monoisotopic (exact) mass is 307 g/mol. The maximum absolute atomic E-state index is 12.3. The van der Waals surface area contributed by atoms with E-state index in [1.165, 1.54) is 5.57 Å². The molecule has 5 nitrogen and oxygen atoms in total. The van der Waals surface area contributed by atoms with Gasteiger partial charge in [0, 0.05) is 58.7 Å². The number of allylic oxidation sites excluding steroid dienone is 1. The molecule has 5 heteroatoms. The van der Waals surface area contributed by atoms with Gasteiger partial charge in [-0.2, -0.15) is 0 Å². The molecule has 2 rings (SSSR count). The van der Waals surface area contributed by atoms with Gasteiger partial charge in [-0.3, -0.25) is 14.5 Å². The first-order valence-corrected chi connectivity index (χ1v) is 8.47. The highest BCUT2D eigenvalue weighted by Gasteiger charge is 2.23. The largest absolute Gasteiger partial charge is 0.342 e. The number of hydrogen-bond donors (Lipinski definition) is 0. The van der Waals surface area contributed by atoms with Crippen LogP contribution in [0.4, 0.5) is 0 Å². The quantitative estimate of drug-likeness (QED) is 0.723. The van der Waals surface area contributed by atoms with Gasteiger partial charge in [-0.25, -0.2) is 0 Å². The van der Waals surface area contributed by atoms with E-state index in [4.69, 9.17) is 0 Å². The summed E-state index contributed by atoms with van der Waals surface area (Å²) in [6.45, 7) is 10.3. The van der Waals surface area contributed by atoms with Crippen molar-refractivity contribution in [3.05, 3.63) is 11.6 Å². The average Bonchev–Trinajstić information content (AvgIpc) is 2.75. The molecule has 0 saturated carbocycles. The molecule has 2 fully saturated rings. The van der Waals surface area contributed by atoms with E-state index < -0.39 is 0 Å². The summed E-state index contributed by atoms with van der Waals surface area (Å²) < 4.78 is 0. The molecular formula is C17H29N3O2. The van der Waals surface area contributed by atoms with Gasteiger partial charge in [-0.15, -0.1) is 0 Å². The first kappa shape index (κ1) is 17.0. The zero-order valence-electron chi connectivity index (χ0n) is 14.0. The molecule has 22 heavy (non-hydrogen) atoms. The number of carbonyl (C=O) groups excluding carboxylic acids is 2. The van der Waals surface area contributed by atoms with Crippen LogP contribution in [0.1, 0.15) is 39.5 Å². The summed E-state index contributed by atoms with van der Waals surface area (Å²) in [6, 6.07) is 0. The van der Waals surface area contributed by atoms with E-state index in [-0.39, 0.29) is 11.8 Å². The zero-order chi connectivity index (χ0) is 15.9. The van der Waals surface area contributed by atoms with Crippen LogP contribution in [0, 0.1) is 0 Å². The van der Waals surface area contributed by atoms with Crippen molar-refractivity contribution in [2.24, 2.45) is 0 Å². The average molecular weight is 307 g/mol. The fourth-order valence-electron chi connectivity index (χ4n) is 3.04. The van der Waals surface area contributed by atoms with E-state index in [1.54, 1.807) is 0 Å². The van der Waals surface area contributed by atoms with Crippen molar-refractivity contribution in [3.8, 4) is 0 Å². The van der Waals surface area contributed by atoms with Crippen molar-refractivity contribution in [1.29, 1.82) is 0 Å². The molecule has 0 atom stereocenters. The van der Waals surface area contributed by atoms with E-state index in [0.29, 0.717) is 19.4 Å². The fraction of sp³-hybridized carbons (Fsp3) is 0.765. The van der Waals surface area contributed by atoms with Crippen LogP contribution in [0.25, 0.3) is 0 Å². The van der Waals surface area contributed by atoms with Crippen LogP contribution in [-0.2, 0) is 9.59 Å². The summed E-state index contributed by atoms with van der Waals surface area (Å²) in [5.41, 5.74) is 1.34. The summed E-state index contributed by atoms with van der Waals surface area (Å²) in [4.78, 5) is 30.1. The number of hydrogen-bond acceptors (Lipinski definition) is 3. The lowest BCUT2D eigenvalue weighted by atomic mass is 10.3. The van der Waals surface area contributed by atoms with Crippen molar-refractivity contribution in [2.45, 2.75) is 39.5 Å². The Kier molecular flexibility index (Phi) is 6.43. The van der Waals surface area contributed by atoms with Crippen molar-refractivity contribution >= 4 is 11.8 Å². The number of rotatable bonds is 5. The maximum atomic E-state index is 12.3. The highest BCUT2D eigenvalue weighted by Crippen LogP contribution is 2.11. The van der Waals surface area contributed by atoms with Crippen LogP contribution in [0.5, 0.6) is 0 Å². The van der Waals surface area contributed by atoms with E-state index in [2.05, 4.69) is 24.8 Å². The Morgan fingerprint density at radius 2 is 1.91 bits per heavy atom. The molecule has 0 radical (unpaired) electrons. The smallest absolute Gasteiger partial charge is 0.224 e. The zero-order valence-corrected chi connectivity index (χ0v) is 14.0. The third-order valence-corrected chi connectivity index (χ3v) is 4.47. The molecule has 2 aliphatic heterocycles. The summed E-state index contributed by atoms with van der Waals surface area (Å²) in [5.74, 6) is 0.403. The Balaban J connectivity index is 1.74. The summed E-state index contributed by atoms with van der Waals surface area (Å²) in [7, 11) is 0. The molecule has 0 spiro atoms. The fourth-order valence-corrected chi connectivity index (χ4v) is 3.04. The van der Waals surface area contributed by atoms with Crippen LogP contribution in [0.2, 0.25) is 0 Å². The Bertz CT molecular complexity index is 430. The van der Waals surface area contributed by atoms with Gasteiger partial charge in [0.25, 0.3) is 0 Å². The molecule has 2 heterocycles. The minimum atomic E-state index is 0.198. The van der Waals surface area contributed by atoms with Gasteiger partial charge in [0.05, 0.1) is 0 Å². The third-order valence-electron chi connectivity index (χ3n) is 4.47. The van der Waals surface area contributed by atoms with Crippen molar-refractivity contribution < 1.29 is 9.59 Å². The first-order valence-electron chi connectivity index (χ1n) is 8.47. The van der Waals surface area contributed by atoms with Crippen LogP contribution in [0.15, 0.2) is 11.6 Å². The predicted octanol–water partition coefficient (Wildman–Crippen LogP) is 1.50. The van der Waals surface area contributed by atoms with Crippen molar-refractivity contribution in [3.63, 3.8) is 0 Å². The van der Waals surface area contributed by atoms with Gasteiger partial charge in [-0.05, 0) is 26.7 Å². The van der Waals surface area contributed by atoms with Crippen LogP contribution < -0.4 is 0 Å². The molecule has 0 aliphatic carbocycles. The molecule has 0 unspecified atom stereocenters. The van der Waals surface area contributed by atoms with Gasteiger partial charge in [-0.1, -0.05) is 11.6 Å². The Labute approximate surface area is 133 Å². The third kappa shape index (κ3) is 5.13. The SMILES string of the molecule is CC(C)=CCN1CCCN(C(=O)CCN2CCCC2=O)CC1. The molecular weight excluding hydrogens is 278 g/mol. The number of amides is 2. The highest BCUT2D eigenvalue weighted by atomic mass is 16.2. The summed E-state index contributed by atoms with van der Waals surface area (Å²) in [6.07, 6.45) is 5.34. The molecule has 124 valence electrons. The summed E-state index contributed by atoms with van der Waals surface area (Å²) in [5, 5.41) is 0. The number of likely N-dealkylation sites (tertiary alicyclic amines) is 1. The van der Waals surface area contributed by atoms with Crippen LogP contribution >= 0.6 is 0 Å². The van der Waals surface area contributed by atoms with E-state index in [0.717, 1.165) is 52.1 Å². The van der Waals surface area contributed by atoms with Crippen molar-refractivity contribution in [2.75, 3.05) is 45.8 Å². The Morgan fingerprint density at radius 3 is 2.59 bits per heavy atom. The van der Waals surface area contributed by atoms with Gasteiger partial charge in [0.15, 0.2) is 0 Å². The van der Waals surface area contributed by atoms with Crippen LogP contribution in [0.3, 0.4) is 0 Å². The predicted molar refractivity (Wildman–Crippen MR) is 87.5 cm³/mol. The molecule has 0 aromatic rings. The maximum Gasteiger partial charge on any atom is 0.224 e. The molecule has 0 bridgehead atoms. The number of carbonyl (C=O) groups is 2. The van der Waals surface area contributed by atoms with E-state index >= 15 is 0 Å². The highest BCUT2D eigenvalue weighted by molar-refractivity contribution is 5.80. The lowest BCUT2D eigenvalue weighted by Crippen LogP contribution is -2.37. The first-order chi connectivity index (χ1) is 10.6. The second-order valence-electron chi connectivity index (χ2n) is 6.55. The number of nitrogens with zero attached hydrogens (tertiary/aromatic N) is 3. The van der Waals surface area contributed by atoms with E-state index in [9.17, 15) is 9.59 Å². The van der Waals surface area contributed by atoms with Gasteiger partial charge in [0.2, 0.25) is 11.8 Å². The molecule has 0 aromatic carbocycles. The van der Waals surface area contributed by atoms with Gasteiger partial charge < -0.3 is 9.80 Å². The second-order valence-corrected chi connectivity index (χ2v) is 6.55. The van der Waals surface area contributed by atoms with E-state index in [1.807, 2.05) is 9.80 Å². The van der Waals surface area contributed by atoms with Crippen molar-refractivity contribution in [1.82, 2.24) is 14.7 Å². The minimum absolute atomic E-state index is 0.198. The molecule has 0 aromatic heterocycles. The van der Waals surface area contributed by atoms with Gasteiger partial charge >= 0.3 is 0 Å². The Morgan fingerprint density at radius 1 is 1.09 bits per heavy atom. The Hall–Kier alpha value is -1.36. The minimum Gasteiger partial charge on any atom is -0.342 e. The normalized spacial score (nSPS) is 20.2. The molecule has 2 aliphatic rings. The van der Waals surface area contributed by atoms with Gasteiger partial charge in [0.1, 0.15) is 0 Å². The summed E-state index contributed by atoms with van der Waals surface area (Å²) >= 11 is 0.